The van der Waals surface area contributed by atoms with Crippen LogP contribution in [0.2, 0.25) is 0 Å². The second-order valence-electron chi connectivity index (χ2n) is 2.70. The van der Waals surface area contributed by atoms with Crippen molar-refractivity contribution < 1.29 is 24.5 Å². The van der Waals surface area contributed by atoms with Crippen molar-refractivity contribution in [3.8, 4) is 0 Å². The van der Waals surface area contributed by atoms with Crippen LogP contribution in [-0.4, -0.2) is 34.9 Å². The normalized spacial score (nSPS) is 9.73. The van der Waals surface area contributed by atoms with Crippen molar-refractivity contribution in [1.29, 1.82) is 0 Å². The van der Waals surface area contributed by atoms with Gasteiger partial charge in [0, 0.05) is 13.8 Å². The highest BCUT2D eigenvalue weighted by Gasteiger charge is 1.82. The van der Waals surface area contributed by atoms with Gasteiger partial charge in [0.05, 0.1) is 12.7 Å². The molecular weight excluding hydrogens is 200 g/mol. The SMILES string of the molecule is CC(=O)O.CCC(C)O.CCOC(C)=O. The Morgan fingerprint density at radius 2 is 1.53 bits per heavy atom. The molecule has 0 aliphatic carbocycles. The molecule has 0 fully saturated rings. The van der Waals surface area contributed by atoms with Gasteiger partial charge in [-0.2, -0.15) is 0 Å². The number of esters is 1. The largest absolute Gasteiger partial charge is 0.481 e. The van der Waals surface area contributed by atoms with E-state index in [1.54, 1.807) is 13.8 Å². The van der Waals surface area contributed by atoms with Crippen LogP contribution in [0.25, 0.3) is 0 Å². The number of carbonyl (C=O) groups excluding carboxylic acids is 1. The molecular formula is C10H22O5. The van der Waals surface area contributed by atoms with Gasteiger partial charge in [0.15, 0.2) is 0 Å². The average Bonchev–Trinajstić information content (AvgIpc) is 2.03. The summed E-state index contributed by atoms with van der Waals surface area (Å²) in [6.45, 7) is 8.46. The predicted molar refractivity (Wildman–Crippen MR) is 57.6 cm³/mol. The smallest absolute Gasteiger partial charge is 0.302 e. The molecule has 0 saturated carbocycles. The third kappa shape index (κ3) is 101. The van der Waals surface area contributed by atoms with E-state index in [2.05, 4.69) is 4.74 Å². The van der Waals surface area contributed by atoms with Crippen LogP contribution in [0.1, 0.15) is 41.0 Å². The second kappa shape index (κ2) is 15.4. The summed E-state index contributed by atoms with van der Waals surface area (Å²) in [6.07, 6.45) is 0.745. The van der Waals surface area contributed by atoms with Gasteiger partial charge < -0.3 is 14.9 Å². The highest BCUT2D eigenvalue weighted by atomic mass is 16.5. The van der Waals surface area contributed by atoms with Crippen LogP contribution in [0.3, 0.4) is 0 Å². The summed E-state index contributed by atoms with van der Waals surface area (Å²) in [5.41, 5.74) is 0. The van der Waals surface area contributed by atoms with Gasteiger partial charge in [-0.05, 0) is 20.3 Å². The molecule has 0 rings (SSSR count). The lowest BCUT2D eigenvalue weighted by atomic mass is 10.3. The van der Waals surface area contributed by atoms with E-state index in [9.17, 15) is 4.79 Å². The Bertz CT molecular complexity index is 150. The van der Waals surface area contributed by atoms with Gasteiger partial charge in [0.25, 0.3) is 5.97 Å². The molecule has 0 aromatic rings. The molecule has 0 aliphatic rings. The first kappa shape index (κ1) is 19.5. The van der Waals surface area contributed by atoms with Crippen molar-refractivity contribution in [2.75, 3.05) is 6.61 Å². The number of carboxylic acid groups (broad SMARTS) is 1. The molecule has 15 heavy (non-hydrogen) atoms. The molecule has 0 aromatic carbocycles. The van der Waals surface area contributed by atoms with Crippen molar-refractivity contribution in [1.82, 2.24) is 0 Å². The highest BCUT2D eigenvalue weighted by molar-refractivity contribution is 5.65. The van der Waals surface area contributed by atoms with E-state index in [1.807, 2.05) is 6.92 Å². The number of aliphatic hydroxyl groups excluding tert-OH is 1. The lowest BCUT2D eigenvalue weighted by molar-refractivity contribution is -0.140. The Hall–Kier alpha value is -1.10. The van der Waals surface area contributed by atoms with Crippen molar-refractivity contribution in [2.24, 2.45) is 0 Å². The Kier molecular flexibility index (Phi) is 20.0. The molecule has 0 bridgehead atoms. The fourth-order valence-electron chi connectivity index (χ4n) is 0.203. The van der Waals surface area contributed by atoms with Crippen LogP contribution in [0.4, 0.5) is 0 Å². The topological polar surface area (TPSA) is 83.8 Å². The van der Waals surface area contributed by atoms with E-state index >= 15 is 0 Å². The monoisotopic (exact) mass is 222 g/mol. The van der Waals surface area contributed by atoms with Gasteiger partial charge in [-0.1, -0.05) is 6.92 Å². The summed E-state index contributed by atoms with van der Waals surface area (Å²) in [5.74, 6) is -1.04. The molecule has 0 amide bonds. The van der Waals surface area contributed by atoms with Crippen molar-refractivity contribution in [3.05, 3.63) is 0 Å². The molecule has 0 spiro atoms. The van der Waals surface area contributed by atoms with E-state index < -0.39 is 5.97 Å². The van der Waals surface area contributed by atoms with Crippen LogP contribution in [-0.2, 0) is 14.3 Å². The maximum atomic E-state index is 9.82. The molecule has 5 nitrogen and oxygen atoms in total. The Balaban J connectivity index is -0.000000147. The minimum atomic E-state index is -0.833. The minimum absolute atomic E-state index is 0.116. The number of rotatable bonds is 2. The number of carbonyl (C=O) groups is 2. The van der Waals surface area contributed by atoms with Gasteiger partial charge in [-0.15, -0.1) is 0 Å². The number of aliphatic carboxylic acids is 1. The molecule has 0 radical (unpaired) electrons. The summed E-state index contributed by atoms with van der Waals surface area (Å²) >= 11 is 0. The molecule has 0 aromatic heterocycles. The van der Waals surface area contributed by atoms with E-state index in [1.165, 1.54) is 6.92 Å². The third-order valence-electron chi connectivity index (χ3n) is 0.938. The van der Waals surface area contributed by atoms with Crippen molar-refractivity contribution in [2.45, 2.75) is 47.1 Å². The summed E-state index contributed by atoms with van der Waals surface area (Å²) in [4.78, 5) is 18.8. The quantitative estimate of drug-likeness (QED) is 0.690. The van der Waals surface area contributed by atoms with Crippen LogP contribution in [0.15, 0.2) is 0 Å². The highest BCUT2D eigenvalue weighted by Crippen LogP contribution is 1.81. The fourth-order valence-corrected chi connectivity index (χ4v) is 0.203. The van der Waals surface area contributed by atoms with Crippen LogP contribution in [0.5, 0.6) is 0 Å². The third-order valence-corrected chi connectivity index (χ3v) is 0.938. The molecule has 0 heterocycles. The number of aliphatic hydroxyl groups is 1. The van der Waals surface area contributed by atoms with E-state index in [4.69, 9.17) is 15.0 Å². The summed E-state index contributed by atoms with van der Waals surface area (Å²) < 4.78 is 4.40. The average molecular weight is 222 g/mol. The van der Waals surface area contributed by atoms with Crippen molar-refractivity contribution >= 4 is 11.9 Å². The zero-order valence-electron chi connectivity index (χ0n) is 10.1. The van der Waals surface area contributed by atoms with Crippen LogP contribution < -0.4 is 0 Å². The first-order valence-corrected chi connectivity index (χ1v) is 4.78. The van der Waals surface area contributed by atoms with E-state index in [0.29, 0.717) is 6.61 Å². The zero-order valence-corrected chi connectivity index (χ0v) is 10.1. The van der Waals surface area contributed by atoms with Crippen molar-refractivity contribution in [3.63, 3.8) is 0 Å². The van der Waals surface area contributed by atoms with Gasteiger partial charge >= 0.3 is 5.97 Å². The number of hydrogen-bond donors (Lipinski definition) is 2. The lowest BCUT2D eigenvalue weighted by Gasteiger charge is -1.90. The predicted octanol–water partition coefficient (Wildman–Crippen LogP) is 1.44. The molecule has 1 atom stereocenters. The zero-order chi connectivity index (χ0) is 12.9. The van der Waals surface area contributed by atoms with Gasteiger partial charge in [-0.3, -0.25) is 9.59 Å². The van der Waals surface area contributed by atoms with Crippen LogP contribution >= 0.6 is 0 Å². The summed E-state index contributed by atoms with van der Waals surface area (Å²) in [7, 11) is 0. The van der Waals surface area contributed by atoms with Gasteiger partial charge in [-0.25, -0.2) is 0 Å². The van der Waals surface area contributed by atoms with Gasteiger partial charge in [0.1, 0.15) is 0 Å². The Labute approximate surface area is 91.1 Å². The fraction of sp³-hybridized carbons (Fsp3) is 0.800. The first-order valence-electron chi connectivity index (χ1n) is 4.78. The Morgan fingerprint density at radius 1 is 1.27 bits per heavy atom. The van der Waals surface area contributed by atoms with Gasteiger partial charge in [0.2, 0.25) is 0 Å². The molecule has 0 saturated heterocycles. The minimum Gasteiger partial charge on any atom is -0.481 e. The van der Waals surface area contributed by atoms with E-state index in [-0.39, 0.29) is 12.1 Å². The lowest BCUT2D eigenvalue weighted by Crippen LogP contribution is -1.95. The van der Waals surface area contributed by atoms with Crippen LogP contribution in [0, 0.1) is 0 Å². The maximum Gasteiger partial charge on any atom is 0.302 e. The second-order valence-corrected chi connectivity index (χ2v) is 2.70. The number of carboxylic acids is 1. The number of ether oxygens (including phenoxy) is 1. The molecule has 92 valence electrons. The molecule has 5 heteroatoms. The molecule has 2 N–H and O–H groups in total. The summed E-state index contributed by atoms with van der Waals surface area (Å²) in [6, 6.07) is 0. The maximum absolute atomic E-state index is 9.82. The standard InChI is InChI=1S/C4H8O2.C4H10O.C2H4O2/c1-3-6-4(2)5;1-3-4(2)5;1-2(3)4/h3H2,1-2H3;4-5H,3H2,1-2H3;1H3,(H,3,4). The Morgan fingerprint density at radius 3 is 1.53 bits per heavy atom. The summed E-state index contributed by atoms with van der Waals surface area (Å²) in [5, 5.41) is 15.8. The van der Waals surface area contributed by atoms with E-state index in [0.717, 1.165) is 13.3 Å². The first-order chi connectivity index (χ1) is 6.77. The number of hydrogen-bond acceptors (Lipinski definition) is 4. The molecule has 0 aliphatic heterocycles. The molecule has 1 unspecified atom stereocenters.